The topological polar surface area (TPSA) is 97.4 Å². The van der Waals surface area contributed by atoms with E-state index in [9.17, 15) is 14.8 Å². The van der Waals surface area contributed by atoms with Gasteiger partial charge in [0.2, 0.25) is 0 Å². The van der Waals surface area contributed by atoms with Crippen LogP contribution in [0.25, 0.3) is 11.0 Å². The molecule has 0 fully saturated rings. The van der Waals surface area contributed by atoms with E-state index in [1.54, 1.807) is 18.2 Å². The molecule has 0 unspecified atom stereocenters. The van der Waals surface area contributed by atoms with E-state index in [1.165, 1.54) is 11.5 Å². The fourth-order valence-electron chi connectivity index (χ4n) is 1.83. The van der Waals surface area contributed by atoms with Gasteiger partial charge in [0.25, 0.3) is 5.52 Å². The Kier molecular flexibility index (Phi) is 4.49. The molecule has 0 saturated carbocycles. The van der Waals surface area contributed by atoms with Gasteiger partial charge in [0.05, 0.1) is 11.7 Å². The van der Waals surface area contributed by atoms with Crippen molar-refractivity contribution in [3.63, 3.8) is 0 Å². The van der Waals surface area contributed by atoms with Gasteiger partial charge >= 0.3 is 11.7 Å². The third-order valence-corrected chi connectivity index (χ3v) is 2.79. The first-order chi connectivity index (χ1) is 9.99. The number of ether oxygens (including phenoxy) is 2. The van der Waals surface area contributed by atoms with Gasteiger partial charge in [-0.25, -0.2) is 4.79 Å². The Morgan fingerprint density at radius 2 is 2.19 bits per heavy atom. The van der Waals surface area contributed by atoms with Crippen LogP contribution in [-0.4, -0.2) is 28.8 Å². The maximum Gasteiger partial charge on any atom is 0.411 e. The zero-order valence-electron chi connectivity index (χ0n) is 11.7. The van der Waals surface area contributed by atoms with Crippen LogP contribution in [0, 0.1) is 12.1 Å². The van der Waals surface area contributed by atoms with Gasteiger partial charge in [0.1, 0.15) is 18.9 Å². The molecule has 21 heavy (non-hydrogen) atoms. The number of aromatic nitrogens is 3. The summed E-state index contributed by atoms with van der Waals surface area (Å²) in [6.45, 7) is 3.31. The van der Waals surface area contributed by atoms with Crippen molar-refractivity contribution in [2.24, 2.45) is 0 Å². The largest absolute Gasteiger partial charge is 0.594 e. The number of hydrogen-bond donors (Lipinski definition) is 0. The van der Waals surface area contributed by atoms with Gasteiger partial charge in [-0.05, 0) is 23.4 Å². The molecule has 112 valence electrons. The van der Waals surface area contributed by atoms with Gasteiger partial charge in [-0.3, -0.25) is 9.36 Å². The van der Waals surface area contributed by atoms with E-state index < -0.39 is 11.7 Å². The van der Waals surface area contributed by atoms with Crippen molar-refractivity contribution in [3.8, 4) is 0 Å². The Morgan fingerprint density at radius 1 is 1.43 bits per heavy atom. The van der Waals surface area contributed by atoms with Crippen LogP contribution in [0.4, 0.5) is 0 Å². The molecule has 0 spiro atoms. The van der Waals surface area contributed by atoms with Gasteiger partial charge in [-0.2, -0.15) is 0 Å². The Balaban J connectivity index is 2.19. The molecule has 0 aliphatic carbocycles. The fraction of sp³-hybridized carbons (Fsp3) is 0.385. The number of hydrogen-bond acceptors (Lipinski definition) is 6. The van der Waals surface area contributed by atoms with E-state index in [1.807, 2.05) is 6.92 Å². The zero-order valence-corrected chi connectivity index (χ0v) is 11.7. The van der Waals surface area contributed by atoms with Crippen molar-refractivity contribution in [3.05, 3.63) is 39.5 Å². The van der Waals surface area contributed by atoms with Gasteiger partial charge in [0, 0.05) is 13.0 Å². The molecular weight excluding hydrogens is 278 g/mol. The molecule has 1 aromatic heterocycles. The number of benzene rings is 1. The van der Waals surface area contributed by atoms with Crippen LogP contribution in [-0.2, 0) is 21.0 Å². The van der Waals surface area contributed by atoms with Crippen LogP contribution < -0.4 is 10.5 Å². The number of nitrogens with zero attached hydrogens (tertiary/aromatic N) is 3. The number of fused-ring (bicyclic) bond motifs is 1. The molecule has 0 aliphatic heterocycles. The first kappa shape index (κ1) is 14.9. The quantitative estimate of drug-likeness (QED) is 0.330. The molecule has 0 saturated heterocycles. The van der Waals surface area contributed by atoms with E-state index in [2.05, 4.69) is 5.10 Å². The monoisotopic (exact) mass is 293 g/mol. The molecule has 8 heteroatoms. The van der Waals surface area contributed by atoms with Crippen LogP contribution >= 0.6 is 0 Å². The first-order valence-electron chi connectivity index (χ1n) is 6.31. The third kappa shape index (κ3) is 3.54. The molecule has 2 aromatic rings. The highest BCUT2D eigenvalue weighted by Crippen LogP contribution is 2.09. The second kappa shape index (κ2) is 6.31. The molecule has 1 heterocycles. The van der Waals surface area contributed by atoms with Gasteiger partial charge < -0.3 is 14.7 Å². The summed E-state index contributed by atoms with van der Waals surface area (Å²) < 4.78 is 11.2. The van der Waals surface area contributed by atoms with Crippen LogP contribution in [0.3, 0.4) is 0 Å². The number of carbonyl (C=O) groups is 1. The number of carbonyl (C=O) groups excluding carboxylic acids is 1. The Hall–Kier alpha value is -2.48. The molecule has 0 bridgehead atoms. The van der Waals surface area contributed by atoms with Crippen LogP contribution in [0.5, 0.6) is 0 Å². The van der Waals surface area contributed by atoms with E-state index in [0.29, 0.717) is 10.4 Å². The molecule has 2 rings (SSSR count). The molecule has 0 aliphatic rings. The Labute approximate surface area is 120 Å². The lowest BCUT2D eigenvalue weighted by Gasteiger charge is -2.09. The highest BCUT2D eigenvalue weighted by Gasteiger charge is 2.13. The Bertz CT molecular complexity index is 726. The highest BCUT2D eigenvalue weighted by molar-refractivity contribution is 5.71. The minimum absolute atomic E-state index is 0.0759. The average molecular weight is 293 g/mol. The summed E-state index contributed by atoms with van der Waals surface area (Å²) in [6, 6.07) is 5.10. The summed E-state index contributed by atoms with van der Waals surface area (Å²) >= 11 is 0. The zero-order chi connectivity index (χ0) is 15.4. The minimum atomic E-state index is -0.700. The van der Waals surface area contributed by atoms with Gasteiger partial charge in [-0.1, -0.05) is 6.07 Å². The van der Waals surface area contributed by atoms with Crippen LogP contribution in [0.2, 0.25) is 0 Å². The first-order valence-corrected chi connectivity index (χ1v) is 6.31. The average Bonchev–Trinajstić information content (AvgIpc) is 2.41. The summed E-state index contributed by atoms with van der Waals surface area (Å²) in [5.74, 6) is -0.398. The van der Waals surface area contributed by atoms with Gasteiger partial charge in [0.15, 0.2) is 0 Å². The minimum Gasteiger partial charge on any atom is -0.594 e. The van der Waals surface area contributed by atoms with E-state index in [4.69, 9.17) is 9.47 Å². The van der Waals surface area contributed by atoms with Gasteiger partial charge in [-0.15, -0.1) is 0 Å². The van der Waals surface area contributed by atoms with Crippen molar-refractivity contribution in [1.82, 2.24) is 9.67 Å². The fourth-order valence-corrected chi connectivity index (χ4v) is 1.83. The molecule has 0 amide bonds. The summed E-state index contributed by atoms with van der Waals surface area (Å²) in [5, 5.41) is 15.0. The van der Waals surface area contributed by atoms with Crippen molar-refractivity contribution in [2.75, 3.05) is 13.2 Å². The van der Waals surface area contributed by atoms with E-state index >= 15 is 0 Å². The van der Waals surface area contributed by atoms with E-state index in [0.717, 1.165) is 5.56 Å². The van der Waals surface area contributed by atoms with Crippen molar-refractivity contribution < 1.29 is 19.1 Å². The Morgan fingerprint density at radius 3 is 2.90 bits per heavy atom. The SMILES string of the molecule is CC(=O)OCCOCn1c(=O)n[n+]([O-])c2cc(C)ccc21. The molecule has 1 aromatic carbocycles. The van der Waals surface area contributed by atoms with Crippen LogP contribution in [0.15, 0.2) is 23.0 Å². The maximum atomic E-state index is 11.8. The number of esters is 1. The summed E-state index contributed by atoms with van der Waals surface area (Å²) in [4.78, 5) is 22.7. The van der Waals surface area contributed by atoms with Crippen molar-refractivity contribution >= 4 is 17.0 Å². The predicted octanol–water partition coefficient (Wildman–Crippen LogP) is -0.124. The standard InChI is InChI=1S/C13H15N3O5/c1-9-3-4-11-12(7-9)16(19)14-13(18)15(11)8-20-5-6-21-10(2)17/h3-4,7H,5-6,8H2,1-2H3. The number of rotatable bonds is 5. The summed E-state index contributed by atoms with van der Waals surface area (Å²) in [5.41, 5.74) is 0.907. The summed E-state index contributed by atoms with van der Waals surface area (Å²) in [7, 11) is 0. The molecule has 0 atom stereocenters. The van der Waals surface area contributed by atoms with E-state index in [-0.39, 0.29) is 25.5 Å². The second-order valence-corrected chi connectivity index (χ2v) is 4.45. The maximum absolute atomic E-state index is 11.8. The predicted molar refractivity (Wildman–Crippen MR) is 72.3 cm³/mol. The lowest BCUT2D eigenvalue weighted by molar-refractivity contribution is -0.645. The molecule has 0 radical (unpaired) electrons. The molecule has 8 nitrogen and oxygen atoms in total. The van der Waals surface area contributed by atoms with Crippen LogP contribution in [0.1, 0.15) is 12.5 Å². The van der Waals surface area contributed by atoms with Crippen molar-refractivity contribution in [1.29, 1.82) is 0 Å². The summed E-state index contributed by atoms with van der Waals surface area (Å²) in [6.07, 6.45) is 0. The van der Waals surface area contributed by atoms with Crippen molar-refractivity contribution in [2.45, 2.75) is 20.6 Å². The third-order valence-electron chi connectivity index (χ3n) is 2.79. The molecular formula is C13H15N3O5. The smallest absolute Gasteiger partial charge is 0.411 e. The lowest BCUT2D eigenvalue weighted by Crippen LogP contribution is -2.43. The second-order valence-electron chi connectivity index (χ2n) is 4.45. The lowest BCUT2D eigenvalue weighted by atomic mass is 10.2. The highest BCUT2D eigenvalue weighted by atomic mass is 16.6. The normalized spacial score (nSPS) is 10.8. The number of aryl methyl sites for hydroxylation is 1. The molecule has 0 N–H and O–H groups in total.